The summed E-state index contributed by atoms with van der Waals surface area (Å²) in [6, 6.07) is 19.9. The summed E-state index contributed by atoms with van der Waals surface area (Å²) >= 11 is 0. The zero-order valence-corrected chi connectivity index (χ0v) is 22.6. The Kier molecular flexibility index (Phi) is 7.15. The average molecular weight is 554 g/mol. The Labute approximate surface area is 237 Å². The number of hydrogen-bond acceptors (Lipinski definition) is 8. The zero-order chi connectivity index (χ0) is 28.5. The third kappa shape index (κ3) is 5.14. The molecule has 0 saturated carbocycles. The Morgan fingerprint density at radius 3 is 2.34 bits per heavy atom. The zero-order valence-electron chi connectivity index (χ0n) is 22.6. The van der Waals surface area contributed by atoms with Crippen LogP contribution < -0.4 is 10.6 Å². The molecule has 0 radical (unpaired) electrons. The van der Waals surface area contributed by atoms with Gasteiger partial charge in [-0.25, -0.2) is 0 Å². The standard InChI is InChI=1S/C31H31N5O5/c1-2-21(19-9-4-3-5-10-19)33-24-25(28-29(41-28)27(24)38)34-22-13-8-11-20(26(22)37)30(39)35-15-17-36(18-16-35)31(40)23-12-6-7-14-32-23/h3-14,21,28-29,33-34,37H,2,15-18H2,1H3/t21-,28?,29?/m1/s1. The third-order valence-electron chi connectivity index (χ3n) is 7.75. The molecular weight excluding hydrogens is 522 g/mol. The number of ketones is 1. The van der Waals surface area contributed by atoms with Gasteiger partial charge in [0.1, 0.15) is 17.5 Å². The number of aromatic hydroxyl groups is 1. The number of phenols is 1. The number of carbonyl (C=O) groups is 3. The molecule has 41 heavy (non-hydrogen) atoms. The van der Waals surface area contributed by atoms with E-state index in [1.165, 1.54) is 0 Å². The van der Waals surface area contributed by atoms with Gasteiger partial charge in [-0.05, 0) is 36.2 Å². The quantitative estimate of drug-likeness (QED) is 0.287. The Morgan fingerprint density at radius 2 is 1.66 bits per heavy atom. The van der Waals surface area contributed by atoms with E-state index in [2.05, 4.69) is 15.6 Å². The van der Waals surface area contributed by atoms with Crippen molar-refractivity contribution in [3.8, 4) is 5.75 Å². The van der Waals surface area contributed by atoms with Gasteiger partial charge in [0, 0.05) is 32.4 Å². The van der Waals surface area contributed by atoms with Crippen molar-refractivity contribution in [2.75, 3.05) is 31.5 Å². The summed E-state index contributed by atoms with van der Waals surface area (Å²) in [6.45, 7) is 3.44. The van der Waals surface area contributed by atoms with Crippen LogP contribution in [0.2, 0.25) is 0 Å². The fraction of sp³-hybridized carbons (Fsp3) is 0.290. The normalized spacial score (nSPS) is 20.5. The number of hydrogen-bond donors (Lipinski definition) is 3. The molecule has 2 aliphatic heterocycles. The van der Waals surface area contributed by atoms with Gasteiger partial charge in [-0.2, -0.15) is 0 Å². The molecule has 1 aromatic heterocycles. The number of nitrogens with one attached hydrogen (secondary N) is 2. The van der Waals surface area contributed by atoms with Gasteiger partial charge in [0.25, 0.3) is 11.8 Å². The largest absolute Gasteiger partial charge is 0.505 e. The minimum Gasteiger partial charge on any atom is -0.505 e. The smallest absolute Gasteiger partial charge is 0.272 e. The molecule has 3 atom stereocenters. The summed E-state index contributed by atoms with van der Waals surface area (Å²) in [7, 11) is 0. The van der Waals surface area contributed by atoms with Gasteiger partial charge >= 0.3 is 0 Å². The number of anilines is 1. The maximum absolute atomic E-state index is 13.4. The number of rotatable bonds is 8. The topological polar surface area (TPSA) is 127 Å². The summed E-state index contributed by atoms with van der Waals surface area (Å²) in [4.78, 5) is 46.6. The molecule has 3 heterocycles. The predicted molar refractivity (Wildman–Crippen MR) is 151 cm³/mol. The molecule has 0 spiro atoms. The van der Waals surface area contributed by atoms with Crippen molar-refractivity contribution in [1.29, 1.82) is 0 Å². The summed E-state index contributed by atoms with van der Waals surface area (Å²) in [6.07, 6.45) is 1.39. The molecule has 2 fully saturated rings. The number of nitrogens with zero attached hydrogens (tertiary/aromatic N) is 3. The summed E-state index contributed by atoms with van der Waals surface area (Å²) in [5, 5.41) is 17.7. The van der Waals surface area contributed by atoms with Gasteiger partial charge in [0.15, 0.2) is 11.9 Å². The highest BCUT2D eigenvalue weighted by molar-refractivity contribution is 6.06. The minimum absolute atomic E-state index is 0.0748. The van der Waals surface area contributed by atoms with E-state index < -0.39 is 12.2 Å². The predicted octanol–water partition coefficient (Wildman–Crippen LogP) is 3.10. The van der Waals surface area contributed by atoms with Crippen molar-refractivity contribution < 1.29 is 24.2 Å². The van der Waals surface area contributed by atoms with Gasteiger partial charge in [0.2, 0.25) is 5.78 Å². The van der Waals surface area contributed by atoms with Crippen LogP contribution in [0.25, 0.3) is 0 Å². The van der Waals surface area contributed by atoms with Crippen molar-refractivity contribution in [3.63, 3.8) is 0 Å². The van der Waals surface area contributed by atoms with Gasteiger partial charge < -0.3 is 30.3 Å². The van der Waals surface area contributed by atoms with Crippen LogP contribution in [0.3, 0.4) is 0 Å². The first kappa shape index (κ1) is 26.5. The van der Waals surface area contributed by atoms with Crippen LogP contribution in [0.5, 0.6) is 5.75 Å². The maximum Gasteiger partial charge on any atom is 0.272 e. The Balaban J connectivity index is 1.17. The SMILES string of the molecule is CC[C@@H](NC1=C(Nc2cccc(C(=O)N3CCN(C(=O)c4ccccn4)CC3)c2O)C2OC2C1=O)c1ccccc1. The lowest BCUT2D eigenvalue weighted by molar-refractivity contribution is -0.117. The Bertz CT molecular complexity index is 1500. The number of epoxide rings is 1. The number of carbonyl (C=O) groups excluding carboxylic acids is 3. The molecule has 2 saturated heterocycles. The molecule has 2 unspecified atom stereocenters. The lowest BCUT2D eigenvalue weighted by Gasteiger charge is -2.34. The molecule has 3 aliphatic rings. The van der Waals surface area contributed by atoms with Crippen molar-refractivity contribution >= 4 is 23.3 Å². The van der Waals surface area contributed by atoms with Crippen molar-refractivity contribution in [3.05, 3.63) is 101 Å². The molecule has 10 heteroatoms. The van der Waals surface area contributed by atoms with E-state index in [-0.39, 0.29) is 35.0 Å². The fourth-order valence-corrected chi connectivity index (χ4v) is 5.41. The molecule has 1 aliphatic carbocycles. The highest BCUT2D eigenvalue weighted by Crippen LogP contribution is 2.42. The van der Waals surface area contributed by atoms with Crippen molar-refractivity contribution in [2.24, 2.45) is 0 Å². The van der Waals surface area contributed by atoms with Crippen LogP contribution in [-0.4, -0.2) is 75.9 Å². The highest BCUT2D eigenvalue weighted by atomic mass is 16.6. The fourth-order valence-electron chi connectivity index (χ4n) is 5.41. The molecule has 0 bridgehead atoms. The van der Waals surface area contributed by atoms with Crippen LogP contribution in [0.15, 0.2) is 84.3 Å². The van der Waals surface area contributed by atoms with E-state index in [0.29, 0.717) is 49.0 Å². The number of phenolic OH excluding ortho intramolecular Hbond substituents is 1. The monoisotopic (exact) mass is 553 g/mol. The van der Waals surface area contributed by atoms with Gasteiger partial charge in [-0.15, -0.1) is 0 Å². The third-order valence-corrected chi connectivity index (χ3v) is 7.75. The molecule has 10 nitrogen and oxygen atoms in total. The Morgan fingerprint density at radius 1 is 0.951 bits per heavy atom. The number of Topliss-reactive ketones (excluding diaryl/α,β-unsaturated/α-hetero) is 1. The van der Waals surface area contributed by atoms with Crippen LogP contribution in [-0.2, 0) is 9.53 Å². The molecule has 6 rings (SSSR count). The molecule has 2 amide bonds. The van der Waals surface area contributed by atoms with Crippen LogP contribution >= 0.6 is 0 Å². The number of piperazine rings is 1. The van der Waals surface area contributed by atoms with E-state index in [0.717, 1.165) is 12.0 Å². The number of pyridine rings is 1. The number of aromatic nitrogens is 1. The van der Waals surface area contributed by atoms with E-state index in [9.17, 15) is 19.5 Å². The second-order valence-corrected chi connectivity index (χ2v) is 10.3. The van der Waals surface area contributed by atoms with Crippen LogP contribution in [0.4, 0.5) is 5.69 Å². The van der Waals surface area contributed by atoms with Gasteiger partial charge in [-0.3, -0.25) is 19.4 Å². The van der Waals surface area contributed by atoms with E-state index in [4.69, 9.17) is 4.74 Å². The first-order chi connectivity index (χ1) is 20.0. The summed E-state index contributed by atoms with van der Waals surface area (Å²) in [5.41, 5.74) is 2.87. The second-order valence-electron chi connectivity index (χ2n) is 10.3. The highest BCUT2D eigenvalue weighted by Gasteiger charge is 2.56. The molecule has 3 N–H and O–H groups in total. The maximum atomic E-state index is 13.4. The van der Waals surface area contributed by atoms with E-state index in [1.807, 2.05) is 37.3 Å². The first-order valence-corrected chi connectivity index (χ1v) is 13.8. The number of ether oxygens (including phenoxy) is 1. The molecule has 3 aromatic rings. The molecular formula is C31H31N5O5. The van der Waals surface area contributed by atoms with Crippen molar-refractivity contribution in [1.82, 2.24) is 20.1 Å². The number of amides is 2. The van der Waals surface area contributed by atoms with Gasteiger partial charge in [0.05, 0.1) is 23.0 Å². The Hall–Kier alpha value is -4.70. The van der Waals surface area contributed by atoms with Crippen LogP contribution in [0.1, 0.15) is 45.8 Å². The minimum atomic E-state index is -0.537. The molecule has 2 aromatic carbocycles. The number of fused-ring (bicyclic) bond motifs is 1. The summed E-state index contributed by atoms with van der Waals surface area (Å²) < 4.78 is 5.57. The number of benzene rings is 2. The van der Waals surface area contributed by atoms with Crippen LogP contribution in [0, 0.1) is 0 Å². The number of para-hydroxylation sites is 1. The van der Waals surface area contributed by atoms with Gasteiger partial charge in [-0.1, -0.05) is 49.4 Å². The van der Waals surface area contributed by atoms with E-state index >= 15 is 0 Å². The first-order valence-electron chi connectivity index (χ1n) is 13.8. The average Bonchev–Trinajstić information content (AvgIpc) is 3.78. The van der Waals surface area contributed by atoms with E-state index in [1.54, 1.807) is 52.4 Å². The second kappa shape index (κ2) is 11.1. The van der Waals surface area contributed by atoms with Crippen molar-refractivity contribution in [2.45, 2.75) is 31.6 Å². The lowest BCUT2D eigenvalue weighted by Crippen LogP contribution is -2.50. The molecule has 210 valence electrons. The lowest BCUT2D eigenvalue weighted by atomic mass is 10.0. The summed E-state index contributed by atoms with van der Waals surface area (Å²) in [5.74, 6) is -0.838.